The molecule has 0 bridgehead atoms. The van der Waals surface area contributed by atoms with Gasteiger partial charge in [0.05, 0.1) is 12.4 Å². The molecule has 1 aliphatic rings. The summed E-state index contributed by atoms with van der Waals surface area (Å²) in [5.74, 6) is 0.747. The lowest BCUT2D eigenvalue weighted by atomic mass is 10.3. The quantitative estimate of drug-likeness (QED) is 0.799. The van der Waals surface area contributed by atoms with Crippen LogP contribution in [0.5, 0.6) is 5.75 Å². The largest absolute Gasteiger partial charge is 0.496 e. The van der Waals surface area contributed by atoms with E-state index in [1.165, 1.54) is 12.8 Å². The van der Waals surface area contributed by atoms with Crippen molar-refractivity contribution in [2.45, 2.75) is 31.3 Å². The highest BCUT2D eigenvalue weighted by atomic mass is 31.2. The molecular weight excluding hydrogens is 279 g/mol. The number of ether oxygens (including phenoxy) is 1. The minimum absolute atomic E-state index is 0.246. The molecule has 0 heterocycles. The molecule has 3 heteroatoms. The monoisotopic (exact) mass is 300 g/mol. The Hall–Kier alpha value is -1.53. The van der Waals surface area contributed by atoms with E-state index in [0.29, 0.717) is 0 Å². The molecule has 0 spiro atoms. The SMILES string of the molecule is COc1ccccc1[P@@](=O)(c1ccccc1)C1CCCC1. The van der Waals surface area contributed by atoms with Crippen molar-refractivity contribution < 1.29 is 9.30 Å². The van der Waals surface area contributed by atoms with Crippen molar-refractivity contribution in [1.82, 2.24) is 0 Å². The van der Waals surface area contributed by atoms with E-state index in [-0.39, 0.29) is 5.66 Å². The summed E-state index contributed by atoms with van der Waals surface area (Å²) < 4.78 is 19.6. The number of benzene rings is 2. The Kier molecular flexibility index (Phi) is 4.17. The van der Waals surface area contributed by atoms with Crippen LogP contribution in [0.4, 0.5) is 0 Å². The molecule has 0 aliphatic heterocycles. The number of hydrogen-bond donors (Lipinski definition) is 0. The Bertz CT molecular complexity index is 645. The summed E-state index contributed by atoms with van der Waals surface area (Å²) >= 11 is 0. The van der Waals surface area contributed by atoms with Crippen LogP contribution in [-0.4, -0.2) is 12.8 Å². The molecule has 1 aliphatic carbocycles. The molecule has 2 aromatic carbocycles. The van der Waals surface area contributed by atoms with Gasteiger partial charge in [-0.2, -0.15) is 0 Å². The average molecular weight is 300 g/mol. The summed E-state index contributed by atoms with van der Waals surface area (Å²) in [6.45, 7) is 0. The van der Waals surface area contributed by atoms with Gasteiger partial charge in [0.1, 0.15) is 12.9 Å². The van der Waals surface area contributed by atoms with Crippen molar-refractivity contribution in [1.29, 1.82) is 0 Å². The minimum Gasteiger partial charge on any atom is -0.496 e. The summed E-state index contributed by atoms with van der Waals surface area (Å²) in [6.07, 6.45) is 4.45. The number of hydrogen-bond acceptors (Lipinski definition) is 2. The van der Waals surface area contributed by atoms with Crippen LogP contribution in [0.2, 0.25) is 0 Å². The highest BCUT2D eigenvalue weighted by Crippen LogP contribution is 2.55. The molecule has 110 valence electrons. The van der Waals surface area contributed by atoms with Gasteiger partial charge in [0, 0.05) is 11.0 Å². The number of para-hydroxylation sites is 1. The topological polar surface area (TPSA) is 26.3 Å². The maximum absolute atomic E-state index is 14.1. The van der Waals surface area contributed by atoms with Crippen LogP contribution in [0.15, 0.2) is 54.6 Å². The molecular formula is C18H21O2P. The summed E-state index contributed by atoms with van der Waals surface area (Å²) in [5.41, 5.74) is 0.246. The van der Waals surface area contributed by atoms with Gasteiger partial charge >= 0.3 is 0 Å². The molecule has 2 aromatic rings. The fraction of sp³-hybridized carbons (Fsp3) is 0.333. The first-order valence-electron chi connectivity index (χ1n) is 7.55. The predicted octanol–water partition coefficient (Wildman–Crippen LogP) is 3.95. The Balaban J connectivity index is 2.19. The third-order valence-electron chi connectivity index (χ3n) is 4.42. The first-order valence-corrected chi connectivity index (χ1v) is 9.33. The Morgan fingerprint density at radius 1 is 0.952 bits per heavy atom. The van der Waals surface area contributed by atoms with Crippen LogP contribution in [0.25, 0.3) is 0 Å². The molecule has 0 unspecified atom stereocenters. The fourth-order valence-corrected chi connectivity index (χ4v) is 6.97. The normalized spacial score (nSPS) is 18.3. The highest BCUT2D eigenvalue weighted by molar-refractivity contribution is 7.79. The molecule has 0 amide bonds. The summed E-state index contributed by atoms with van der Waals surface area (Å²) in [6, 6.07) is 17.7. The standard InChI is InChI=1S/C18H21O2P/c1-20-17-13-7-8-14-18(17)21(19,16-11-5-6-12-16)15-9-3-2-4-10-15/h2-4,7-10,13-14,16H,5-6,11-12H2,1H3/t21-/m1/s1. The average Bonchev–Trinajstić information content (AvgIpc) is 3.10. The zero-order valence-electron chi connectivity index (χ0n) is 12.4. The van der Waals surface area contributed by atoms with E-state index >= 15 is 0 Å². The molecule has 2 nitrogen and oxygen atoms in total. The first kappa shape index (κ1) is 14.4. The maximum atomic E-state index is 14.1. The van der Waals surface area contributed by atoms with Gasteiger partial charge in [-0.15, -0.1) is 0 Å². The molecule has 1 fully saturated rings. The van der Waals surface area contributed by atoms with Crippen LogP contribution in [-0.2, 0) is 4.57 Å². The summed E-state index contributed by atoms with van der Waals surface area (Å²) in [7, 11) is -0.995. The summed E-state index contributed by atoms with van der Waals surface area (Å²) in [4.78, 5) is 0. The molecule has 21 heavy (non-hydrogen) atoms. The van der Waals surface area contributed by atoms with Gasteiger partial charge < -0.3 is 9.30 Å². The van der Waals surface area contributed by atoms with Gasteiger partial charge in [0.2, 0.25) is 0 Å². The van der Waals surface area contributed by atoms with Gasteiger partial charge in [-0.3, -0.25) is 0 Å². The third kappa shape index (κ3) is 2.53. The van der Waals surface area contributed by atoms with Gasteiger partial charge in [-0.05, 0) is 25.0 Å². The Morgan fingerprint density at radius 3 is 2.24 bits per heavy atom. The van der Waals surface area contributed by atoms with Crippen LogP contribution >= 0.6 is 7.14 Å². The maximum Gasteiger partial charge on any atom is 0.149 e. The smallest absolute Gasteiger partial charge is 0.149 e. The third-order valence-corrected chi connectivity index (χ3v) is 8.12. The van der Waals surface area contributed by atoms with Crippen LogP contribution in [0.1, 0.15) is 25.7 Å². The van der Waals surface area contributed by atoms with Crippen LogP contribution in [0.3, 0.4) is 0 Å². The van der Waals surface area contributed by atoms with E-state index in [1.54, 1.807) is 7.11 Å². The van der Waals surface area contributed by atoms with Crippen molar-refractivity contribution in [3.8, 4) is 5.75 Å². The van der Waals surface area contributed by atoms with E-state index in [0.717, 1.165) is 29.2 Å². The van der Waals surface area contributed by atoms with E-state index in [2.05, 4.69) is 0 Å². The highest BCUT2D eigenvalue weighted by Gasteiger charge is 2.39. The van der Waals surface area contributed by atoms with Crippen LogP contribution in [0, 0.1) is 0 Å². The van der Waals surface area contributed by atoms with E-state index in [9.17, 15) is 4.57 Å². The van der Waals surface area contributed by atoms with E-state index < -0.39 is 7.14 Å². The lowest BCUT2D eigenvalue weighted by Gasteiger charge is -2.26. The Labute approximate surface area is 126 Å². The molecule has 0 radical (unpaired) electrons. The van der Waals surface area contributed by atoms with Crippen molar-refractivity contribution in [3.63, 3.8) is 0 Å². The van der Waals surface area contributed by atoms with Crippen molar-refractivity contribution in [3.05, 3.63) is 54.6 Å². The van der Waals surface area contributed by atoms with Crippen molar-refractivity contribution >= 4 is 17.8 Å². The van der Waals surface area contributed by atoms with Gasteiger partial charge in [-0.1, -0.05) is 55.3 Å². The van der Waals surface area contributed by atoms with Gasteiger partial charge in [0.25, 0.3) is 0 Å². The second-order valence-electron chi connectivity index (χ2n) is 5.60. The second kappa shape index (κ2) is 6.07. The first-order chi connectivity index (χ1) is 10.3. The zero-order valence-corrected chi connectivity index (χ0v) is 13.3. The molecule has 1 atom stereocenters. The van der Waals surface area contributed by atoms with Gasteiger partial charge in [-0.25, -0.2) is 0 Å². The van der Waals surface area contributed by atoms with E-state index in [1.807, 2.05) is 54.6 Å². The number of methoxy groups -OCH3 is 1. The molecule has 0 N–H and O–H groups in total. The van der Waals surface area contributed by atoms with E-state index in [4.69, 9.17) is 4.74 Å². The minimum atomic E-state index is -2.65. The lowest BCUT2D eigenvalue weighted by molar-refractivity contribution is 0.417. The van der Waals surface area contributed by atoms with Crippen molar-refractivity contribution in [2.24, 2.45) is 0 Å². The Morgan fingerprint density at radius 2 is 1.57 bits per heavy atom. The van der Waals surface area contributed by atoms with Gasteiger partial charge in [0.15, 0.2) is 0 Å². The predicted molar refractivity (Wildman–Crippen MR) is 88.6 cm³/mol. The van der Waals surface area contributed by atoms with Crippen LogP contribution < -0.4 is 15.3 Å². The molecule has 0 saturated heterocycles. The second-order valence-corrected chi connectivity index (χ2v) is 8.65. The molecule has 1 saturated carbocycles. The number of rotatable bonds is 4. The molecule has 0 aromatic heterocycles. The summed E-state index contributed by atoms with van der Waals surface area (Å²) in [5, 5.41) is 1.84. The molecule has 3 rings (SSSR count). The fourth-order valence-electron chi connectivity index (χ4n) is 3.37. The zero-order chi connectivity index (χ0) is 14.7. The lowest BCUT2D eigenvalue weighted by Crippen LogP contribution is -2.25. The van der Waals surface area contributed by atoms with Crippen molar-refractivity contribution in [2.75, 3.05) is 7.11 Å².